The number of hydrogen-bond acceptors (Lipinski definition) is 4. The van der Waals surface area contributed by atoms with Crippen LogP contribution in [0.25, 0.3) is 0 Å². The molecule has 3 aromatic carbocycles. The highest BCUT2D eigenvalue weighted by Gasteiger charge is 2.30. The van der Waals surface area contributed by atoms with Crippen LogP contribution >= 0.6 is 11.3 Å². The van der Waals surface area contributed by atoms with Gasteiger partial charge in [0.1, 0.15) is 16.5 Å². The Morgan fingerprint density at radius 1 is 0.949 bits per heavy atom. The van der Waals surface area contributed by atoms with Crippen molar-refractivity contribution in [1.29, 1.82) is 0 Å². The van der Waals surface area contributed by atoms with Crippen molar-refractivity contribution < 1.29 is 22.4 Å². The fraction of sp³-hybridized carbons (Fsp3) is 0.267. The molecule has 0 bridgehead atoms. The van der Waals surface area contributed by atoms with Crippen LogP contribution in [0.1, 0.15) is 51.1 Å². The number of benzene rings is 3. The average Bonchev–Trinajstić information content (AvgIpc) is 3.38. The molecule has 1 aromatic heterocycles. The fourth-order valence-corrected chi connectivity index (χ4v) is 5.03. The van der Waals surface area contributed by atoms with Crippen molar-refractivity contribution in [3.05, 3.63) is 123 Å². The third-order valence-electron chi connectivity index (χ3n) is 6.24. The minimum atomic E-state index is -4.46. The second-order valence-corrected chi connectivity index (χ2v) is 10.4. The molecule has 1 N–H and O–H groups in total. The Hall–Kier alpha value is -3.56. The van der Waals surface area contributed by atoms with Gasteiger partial charge in [0, 0.05) is 30.1 Å². The molecule has 4 nitrogen and oxygen atoms in total. The number of hydrogen-bond donors (Lipinski definition) is 1. The summed E-state index contributed by atoms with van der Waals surface area (Å²) < 4.78 is 54.1. The first-order valence-electron chi connectivity index (χ1n) is 12.6. The van der Waals surface area contributed by atoms with Crippen molar-refractivity contribution in [2.24, 2.45) is 0 Å². The van der Waals surface area contributed by atoms with E-state index < -0.39 is 17.6 Å². The van der Waals surface area contributed by atoms with Gasteiger partial charge < -0.3 is 5.32 Å². The van der Waals surface area contributed by atoms with Crippen LogP contribution in [-0.2, 0) is 32.2 Å². The van der Waals surface area contributed by atoms with Crippen LogP contribution in [0.3, 0.4) is 0 Å². The lowest BCUT2D eigenvalue weighted by Gasteiger charge is -2.22. The number of amides is 1. The summed E-state index contributed by atoms with van der Waals surface area (Å²) in [4.78, 5) is 19.1. The van der Waals surface area contributed by atoms with Crippen molar-refractivity contribution in [2.45, 2.75) is 51.6 Å². The molecule has 0 aliphatic heterocycles. The van der Waals surface area contributed by atoms with Gasteiger partial charge >= 0.3 is 6.18 Å². The Morgan fingerprint density at radius 2 is 1.67 bits per heavy atom. The van der Waals surface area contributed by atoms with Gasteiger partial charge in [0.25, 0.3) is 5.91 Å². The van der Waals surface area contributed by atoms with Crippen LogP contribution in [0, 0.1) is 5.82 Å². The van der Waals surface area contributed by atoms with Gasteiger partial charge in [-0.3, -0.25) is 9.69 Å². The van der Waals surface area contributed by atoms with E-state index in [1.165, 1.54) is 29.0 Å². The van der Waals surface area contributed by atoms with Crippen molar-refractivity contribution in [3.8, 4) is 0 Å². The summed E-state index contributed by atoms with van der Waals surface area (Å²) in [6.07, 6.45) is -2.84. The smallest absolute Gasteiger partial charge is 0.348 e. The molecule has 1 heterocycles. The first-order valence-corrected chi connectivity index (χ1v) is 13.5. The van der Waals surface area contributed by atoms with E-state index in [4.69, 9.17) is 0 Å². The maximum absolute atomic E-state index is 14.4. The summed E-state index contributed by atoms with van der Waals surface area (Å²) in [5, 5.41) is 5.25. The maximum Gasteiger partial charge on any atom is 0.416 e. The van der Waals surface area contributed by atoms with Gasteiger partial charge in [0.05, 0.1) is 12.1 Å². The third kappa shape index (κ3) is 8.46. The molecule has 9 heteroatoms. The SMILES string of the molecule is CC(CCc1ccccc1)NC(=O)c1csc(CN(Cc2cccc(C(F)(F)F)c2)Cc2ccccc2F)n1. The van der Waals surface area contributed by atoms with Gasteiger partial charge in [-0.2, -0.15) is 13.2 Å². The zero-order valence-electron chi connectivity index (χ0n) is 21.4. The summed E-state index contributed by atoms with van der Waals surface area (Å²) in [7, 11) is 0. The molecule has 0 saturated carbocycles. The zero-order chi connectivity index (χ0) is 27.8. The molecule has 4 aromatic rings. The maximum atomic E-state index is 14.4. The van der Waals surface area contributed by atoms with E-state index in [1.54, 1.807) is 29.6 Å². The Kier molecular flexibility index (Phi) is 9.48. The van der Waals surface area contributed by atoms with E-state index in [9.17, 15) is 22.4 Å². The Morgan fingerprint density at radius 3 is 2.41 bits per heavy atom. The lowest BCUT2D eigenvalue weighted by molar-refractivity contribution is -0.137. The van der Waals surface area contributed by atoms with Gasteiger partial charge in [-0.15, -0.1) is 11.3 Å². The van der Waals surface area contributed by atoms with Crippen LogP contribution in [0.5, 0.6) is 0 Å². The zero-order valence-corrected chi connectivity index (χ0v) is 22.2. The third-order valence-corrected chi connectivity index (χ3v) is 7.08. The van der Waals surface area contributed by atoms with E-state index in [0.717, 1.165) is 25.0 Å². The van der Waals surface area contributed by atoms with Gasteiger partial charge in [-0.05, 0) is 43.0 Å². The van der Waals surface area contributed by atoms with E-state index in [0.29, 0.717) is 16.1 Å². The monoisotopic (exact) mass is 555 g/mol. The first-order chi connectivity index (χ1) is 18.7. The molecular weight excluding hydrogens is 526 g/mol. The van der Waals surface area contributed by atoms with Crippen LogP contribution < -0.4 is 5.32 Å². The summed E-state index contributed by atoms with van der Waals surface area (Å²) in [5.74, 6) is -0.674. The lowest BCUT2D eigenvalue weighted by Crippen LogP contribution is -2.33. The largest absolute Gasteiger partial charge is 0.416 e. The number of aryl methyl sites for hydroxylation is 1. The highest BCUT2D eigenvalue weighted by atomic mass is 32.1. The average molecular weight is 556 g/mol. The molecule has 1 unspecified atom stereocenters. The Bertz CT molecular complexity index is 1370. The summed E-state index contributed by atoms with van der Waals surface area (Å²) in [5.41, 5.74) is 1.62. The summed E-state index contributed by atoms with van der Waals surface area (Å²) in [6.45, 7) is 2.50. The van der Waals surface area contributed by atoms with E-state index in [1.807, 2.05) is 42.2 Å². The van der Waals surface area contributed by atoms with Gasteiger partial charge in [-0.25, -0.2) is 9.37 Å². The number of nitrogens with one attached hydrogen (secondary N) is 1. The molecule has 1 amide bonds. The first kappa shape index (κ1) is 28.4. The number of carbonyl (C=O) groups is 1. The standard InChI is InChI=1S/C30H29F4N3OS/c1-21(14-15-22-8-3-2-4-9-22)35-29(38)27-20-39-28(36-27)19-37(18-24-11-5-6-13-26(24)31)17-23-10-7-12-25(16-23)30(32,33)34/h2-13,16,20-21H,14-15,17-19H2,1H3,(H,35,38). The van der Waals surface area contributed by atoms with Crippen LogP contribution in [0.2, 0.25) is 0 Å². The highest BCUT2D eigenvalue weighted by Crippen LogP contribution is 2.30. The number of carbonyl (C=O) groups excluding carboxylic acids is 1. The van der Waals surface area contributed by atoms with Crippen molar-refractivity contribution >= 4 is 17.2 Å². The molecule has 1 atom stereocenters. The number of nitrogens with zero attached hydrogens (tertiary/aromatic N) is 2. The van der Waals surface area contributed by atoms with Crippen molar-refractivity contribution in [2.75, 3.05) is 0 Å². The molecule has 4 rings (SSSR count). The number of rotatable bonds is 11. The van der Waals surface area contributed by atoms with Crippen LogP contribution in [0.4, 0.5) is 17.6 Å². The van der Waals surface area contributed by atoms with Gasteiger partial charge in [0.15, 0.2) is 0 Å². The topological polar surface area (TPSA) is 45.2 Å². The molecule has 39 heavy (non-hydrogen) atoms. The molecule has 0 radical (unpaired) electrons. The predicted molar refractivity (Wildman–Crippen MR) is 145 cm³/mol. The summed E-state index contributed by atoms with van der Waals surface area (Å²) in [6, 6.07) is 21.4. The molecular formula is C30H29F4N3OS. The number of alkyl halides is 3. The number of thiazole rings is 1. The molecule has 0 aliphatic rings. The Balaban J connectivity index is 1.43. The molecule has 0 saturated heterocycles. The molecule has 0 fully saturated rings. The molecule has 0 spiro atoms. The van der Waals surface area contributed by atoms with Crippen molar-refractivity contribution in [3.63, 3.8) is 0 Å². The minimum absolute atomic E-state index is 0.0543. The summed E-state index contributed by atoms with van der Waals surface area (Å²) >= 11 is 1.29. The predicted octanol–water partition coefficient (Wildman–Crippen LogP) is 7.25. The second-order valence-electron chi connectivity index (χ2n) is 9.46. The fourth-order valence-electron chi connectivity index (χ4n) is 4.22. The van der Waals surface area contributed by atoms with Gasteiger partial charge in [0.2, 0.25) is 0 Å². The molecule has 204 valence electrons. The van der Waals surface area contributed by atoms with E-state index in [2.05, 4.69) is 10.3 Å². The van der Waals surface area contributed by atoms with E-state index >= 15 is 0 Å². The second kappa shape index (κ2) is 13.0. The molecule has 0 aliphatic carbocycles. The van der Waals surface area contributed by atoms with Gasteiger partial charge in [-0.1, -0.05) is 66.7 Å². The quantitative estimate of drug-likeness (QED) is 0.198. The van der Waals surface area contributed by atoms with Crippen LogP contribution in [0.15, 0.2) is 84.2 Å². The Labute approximate surface area is 229 Å². The lowest BCUT2D eigenvalue weighted by atomic mass is 10.1. The normalized spacial score (nSPS) is 12.5. The van der Waals surface area contributed by atoms with E-state index in [-0.39, 0.29) is 37.3 Å². The minimum Gasteiger partial charge on any atom is -0.348 e. The number of aromatic nitrogens is 1. The van der Waals surface area contributed by atoms with Crippen molar-refractivity contribution in [1.82, 2.24) is 15.2 Å². The highest BCUT2D eigenvalue weighted by molar-refractivity contribution is 7.09. The number of halogens is 4. The van der Waals surface area contributed by atoms with Crippen LogP contribution in [-0.4, -0.2) is 21.8 Å².